The molecule has 0 bridgehead atoms. The molecule has 3 heteroatoms. The first-order valence-electron chi connectivity index (χ1n) is 7.12. The topological polar surface area (TPSA) is 35.5 Å². The lowest BCUT2D eigenvalue weighted by Gasteiger charge is -2.30. The fourth-order valence-corrected chi connectivity index (χ4v) is 2.71. The highest BCUT2D eigenvalue weighted by molar-refractivity contribution is 6.00. The van der Waals surface area contributed by atoms with Crippen molar-refractivity contribution >= 4 is 5.78 Å². The fraction of sp³-hybridized carbons (Fsp3) is 0.278. The summed E-state index contributed by atoms with van der Waals surface area (Å²) in [7, 11) is 1.61. The number of rotatable bonds is 3. The maximum absolute atomic E-state index is 12.3. The van der Waals surface area contributed by atoms with Crippen molar-refractivity contribution < 1.29 is 14.3 Å². The van der Waals surface area contributed by atoms with E-state index in [2.05, 4.69) is 19.1 Å². The maximum Gasteiger partial charge on any atom is 0.170 e. The van der Waals surface area contributed by atoms with Gasteiger partial charge in [0.1, 0.15) is 17.6 Å². The molecule has 0 aromatic heterocycles. The van der Waals surface area contributed by atoms with Crippen LogP contribution in [0.4, 0.5) is 0 Å². The van der Waals surface area contributed by atoms with E-state index in [1.807, 2.05) is 18.2 Å². The lowest BCUT2D eigenvalue weighted by Crippen LogP contribution is -2.31. The second kappa shape index (κ2) is 5.60. The molecule has 0 saturated carbocycles. The van der Waals surface area contributed by atoms with Crippen LogP contribution in [0.1, 0.15) is 35.2 Å². The van der Waals surface area contributed by atoms with Crippen LogP contribution in [0.3, 0.4) is 0 Å². The van der Waals surface area contributed by atoms with Crippen LogP contribution in [0, 0.1) is 0 Å². The zero-order chi connectivity index (χ0) is 14.8. The molecule has 1 aliphatic heterocycles. The molecule has 0 amide bonds. The summed E-state index contributed by atoms with van der Waals surface area (Å²) in [4.78, 5) is 12.3. The van der Waals surface area contributed by atoms with Crippen LogP contribution in [-0.2, 0) is 0 Å². The van der Waals surface area contributed by atoms with E-state index in [0.717, 1.165) is 0 Å². The average Bonchev–Trinajstić information content (AvgIpc) is 2.54. The number of hydrogen-bond acceptors (Lipinski definition) is 3. The Morgan fingerprint density at radius 1 is 1.19 bits per heavy atom. The Hall–Kier alpha value is -2.29. The predicted octanol–water partition coefficient (Wildman–Crippen LogP) is 3.83. The van der Waals surface area contributed by atoms with Gasteiger partial charge in [-0.2, -0.15) is 0 Å². The lowest BCUT2D eigenvalue weighted by molar-refractivity contribution is 0.0816. The molecule has 3 nitrogen and oxygen atoms in total. The van der Waals surface area contributed by atoms with E-state index in [0.29, 0.717) is 23.5 Å². The summed E-state index contributed by atoms with van der Waals surface area (Å²) in [5.74, 6) is 1.62. The molecule has 0 radical (unpaired) electrons. The molecule has 0 saturated heterocycles. The van der Waals surface area contributed by atoms with Crippen molar-refractivity contribution in [2.75, 3.05) is 7.11 Å². The number of hydrogen-bond donors (Lipinski definition) is 0. The monoisotopic (exact) mass is 282 g/mol. The molecule has 1 heterocycles. The molecule has 21 heavy (non-hydrogen) atoms. The highest BCUT2D eigenvalue weighted by Crippen LogP contribution is 2.35. The minimum Gasteiger partial charge on any atom is -0.497 e. The van der Waals surface area contributed by atoms with Crippen LogP contribution < -0.4 is 9.47 Å². The third kappa shape index (κ3) is 2.64. The van der Waals surface area contributed by atoms with Crippen molar-refractivity contribution in [3.8, 4) is 11.5 Å². The van der Waals surface area contributed by atoms with Crippen molar-refractivity contribution in [3.05, 3.63) is 59.7 Å². The molecule has 0 fully saturated rings. The van der Waals surface area contributed by atoms with Gasteiger partial charge in [-0.15, -0.1) is 0 Å². The number of carbonyl (C=O) groups is 1. The van der Waals surface area contributed by atoms with Gasteiger partial charge in [-0.05, 0) is 17.7 Å². The first kappa shape index (κ1) is 13.7. The number of carbonyl (C=O) groups excluding carboxylic acids is 1. The molecule has 2 atom stereocenters. The van der Waals surface area contributed by atoms with Gasteiger partial charge in [-0.1, -0.05) is 37.3 Å². The first-order valence-corrected chi connectivity index (χ1v) is 7.12. The molecule has 0 spiro atoms. The van der Waals surface area contributed by atoms with Gasteiger partial charge >= 0.3 is 0 Å². The van der Waals surface area contributed by atoms with Gasteiger partial charge in [-0.3, -0.25) is 4.79 Å². The van der Waals surface area contributed by atoms with E-state index in [4.69, 9.17) is 9.47 Å². The van der Waals surface area contributed by atoms with E-state index < -0.39 is 0 Å². The fourth-order valence-electron chi connectivity index (χ4n) is 2.71. The molecule has 0 aliphatic carbocycles. The minimum absolute atomic E-state index is 0.131. The molecular formula is C18H18O3. The SMILES string of the molecule is COc1ccc2c(c1)OC(C(C)c1ccccc1)CC2=O. The zero-order valence-corrected chi connectivity index (χ0v) is 12.2. The van der Waals surface area contributed by atoms with Gasteiger partial charge in [0, 0.05) is 18.4 Å². The van der Waals surface area contributed by atoms with Crippen molar-refractivity contribution in [2.45, 2.75) is 25.4 Å². The summed E-state index contributed by atoms with van der Waals surface area (Å²) in [6, 6.07) is 15.5. The van der Waals surface area contributed by atoms with Crippen molar-refractivity contribution in [1.29, 1.82) is 0 Å². The zero-order valence-electron chi connectivity index (χ0n) is 12.2. The number of fused-ring (bicyclic) bond motifs is 1. The highest BCUT2D eigenvalue weighted by Gasteiger charge is 2.31. The number of methoxy groups -OCH3 is 1. The predicted molar refractivity (Wildman–Crippen MR) is 81.2 cm³/mol. The number of ether oxygens (including phenoxy) is 2. The number of ketones is 1. The summed E-state index contributed by atoms with van der Waals surface area (Å²) in [6.45, 7) is 2.10. The van der Waals surface area contributed by atoms with Crippen molar-refractivity contribution in [2.24, 2.45) is 0 Å². The van der Waals surface area contributed by atoms with Crippen LogP contribution in [0.5, 0.6) is 11.5 Å². The third-order valence-corrected chi connectivity index (χ3v) is 4.04. The van der Waals surface area contributed by atoms with Crippen LogP contribution >= 0.6 is 0 Å². The molecule has 1 aliphatic rings. The lowest BCUT2D eigenvalue weighted by atomic mass is 9.89. The summed E-state index contributed by atoms with van der Waals surface area (Å²) in [5, 5.41) is 0. The van der Waals surface area contributed by atoms with E-state index in [9.17, 15) is 4.79 Å². The molecule has 2 aromatic rings. The van der Waals surface area contributed by atoms with Gasteiger partial charge in [-0.25, -0.2) is 0 Å². The van der Waals surface area contributed by atoms with Crippen LogP contribution in [0.15, 0.2) is 48.5 Å². The quantitative estimate of drug-likeness (QED) is 0.858. The Labute approximate surface area is 124 Å². The second-order valence-corrected chi connectivity index (χ2v) is 5.35. The molecule has 0 N–H and O–H groups in total. The smallest absolute Gasteiger partial charge is 0.170 e. The second-order valence-electron chi connectivity index (χ2n) is 5.35. The van der Waals surface area contributed by atoms with Gasteiger partial charge in [0.15, 0.2) is 5.78 Å². The maximum atomic E-state index is 12.3. The molecule has 108 valence electrons. The average molecular weight is 282 g/mol. The standard InChI is InChI=1S/C18H18O3/c1-12(13-6-4-3-5-7-13)17-11-16(19)15-9-8-14(20-2)10-18(15)21-17/h3-10,12,17H,11H2,1-2H3. The Bertz CT molecular complexity index is 649. The van der Waals surface area contributed by atoms with Gasteiger partial charge in [0.25, 0.3) is 0 Å². The normalized spacial score (nSPS) is 18.6. The molecule has 2 unspecified atom stereocenters. The van der Waals surface area contributed by atoms with E-state index in [-0.39, 0.29) is 17.8 Å². The number of benzene rings is 2. The van der Waals surface area contributed by atoms with Crippen LogP contribution in [0.2, 0.25) is 0 Å². The Balaban J connectivity index is 1.89. The van der Waals surface area contributed by atoms with Crippen LogP contribution in [0.25, 0.3) is 0 Å². The van der Waals surface area contributed by atoms with Crippen molar-refractivity contribution in [1.82, 2.24) is 0 Å². The summed E-state index contributed by atoms with van der Waals surface area (Å²) in [5.41, 5.74) is 1.83. The van der Waals surface area contributed by atoms with Crippen molar-refractivity contribution in [3.63, 3.8) is 0 Å². The molecule has 2 aromatic carbocycles. The Kier molecular flexibility index (Phi) is 3.65. The molecular weight excluding hydrogens is 264 g/mol. The molecule has 3 rings (SSSR count). The van der Waals surface area contributed by atoms with E-state index in [1.165, 1.54) is 5.56 Å². The van der Waals surface area contributed by atoms with Gasteiger partial charge < -0.3 is 9.47 Å². The Morgan fingerprint density at radius 3 is 2.67 bits per heavy atom. The Morgan fingerprint density at radius 2 is 1.95 bits per heavy atom. The largest absolute Gasteiger partial charge is 0.497 e. The van der Waals surface area contributed by atoms with Gasteiger partial charge in [0.2, 0.25) is 0 Å². The summed E-state index contributed by atoms with van der Waals surface area (Å²) >= 11 is 0. The number of Topliss-reactive ketones (excluding diaryl/α,β-unsaturated/α-hetero) is 1. The summed E-state index contributed by atoms with van der Waals surface area (Å²) in [6.07, 6.45) is 0.273. The summed E-state index contributed by atoms with van der Waals surface area (Å²) < 4.78 is 11.3. The van der Waals surface area contributed by atoms with Gasteiger partial charge in [0.05, 0.1) is 12.7 Å². The minimum atomic E-state index is -0.139. The van der Waals surface area contributed by atoms with Crippen LogP contribution in [-0.4, -0.2) is 19.0 Å². The highest BCUT2D eigenvalue weighted by atomic mass is 16.5. The van der Waals surface area contributed by atoms with E-state index >= 15 is 0 Å². The first-order chi connectivity index (χ1) is 10.2. The third-order valence-electron chi connectivity index (χ3n) is 4.04. The van der Waals surface area contributed by atoms with E-state index in [1.54, 1.807) is 25.3 Å².